The minimum absolute atomic E-state index is 0.0695. The highest BCUT2D eigenvalue weighted by atomic mass is 35.5. The monoisotopic (exact) mass is 382 g/mol. The molecule has 1 heterocycles. The molecule has 0 aliphatic carbocycles. The van der Waals surface area contributed by atoms with Gasteiger partial charge in [0.05, 0.1) is 15.6 Å². The first-order valence-electron chi connectivity index (χ1n) is 7.75. The molecule has 2 aromatic rings. The molecule has 0 N–H and O–H groups in total. The summed E-state index contributed by atoms with van der Waals surface area (Å²) in [5.74, 6) is -0.0695. The van der Waals surface area contributed by atoms with E-state index in [9.17, 15) is 4.79 Å². The van der Waals surface area contributed by atoms with Crippen molar-refractivity contribution in [1.29, 1.82) is 0 Å². The number of carbonyl (C=O) groups is 1. The van der Waals surface area contributed by atoms with Crippen LogP contribution >= 0.6 is 34.8 Å². The van der Waals surface area contributed by atoms with Crippen LogP contribution in [0.3, 0.4) is 0 Å². The van der Waals surface area contributed by atoms with Crippen LogP contribution in [0.25, 0.3) is 0 Å². The van der Waals surface area contributed by atoms with Crippen LogP contribution in [0.2, 0.25) is 15.1 Å². The average molecular weight is 384 g/mol. The van der Waals surface area contributed by atoms with Crippen molar-refractivity contribution in [3.63, 3.8) is 0 Å². The Bertz CT molecular complexity index is 743. The Kier molecular flexibility index (Phi) is 5.67. The van der Waals surface area contributed by atoms with Gasteiger partial charge in [-0.05, 0) is 23.8 Å². The third kappa shape index (κ3) is 3.86. The van der Waals surface area contributed by atoms with Crippen LogP contribution in [0, 0.1) is 0 Å². The van der Waals surface area contributed by atoms with Crippen molar-refractivity contribution in [2.24, 2.45) is 0 Å². The van der Waals surface area contributed by atoms with E-state index < -0.39 is 0 Å². The summed E-state index contributed by atoms with van der Waals surface area (Å²) in [6.07, 6.45) is 0. The lowest BCUT2D eigenvalue weighted by molar-refractivity contribution is 0.0628. The average Bonchev–Trinajstić information content (AvgIpc) is 2.59. The van der Waals surface area contributed by atoms with E-state index in [1.54, 1.807) is 18.2 Å². The van der Waals surface area contributed by atoms with E-state index in [0.29, 0.717) is 28.7 Å². The lowest BCUT2D eigenvalue weighted by Gasteiger charge is -2.35. The Balaban J connectivity index is 1.62. The van der Waals surface area contributed by atoms with Crippen LogP contribution in [-0.2, 0) is 6.54 Å². The molecule has 1 aliphatic heterocycles. The van der Waals surface area contributed by atoms with Crippen LogP contribution in [0.5, 0.6) is 0 Å². The Hall–Kier alpha value is -1.26. The second kappa shape index (κ2) is 7.75. The molecule has 1 saturated heterocycles. The Morgan fingerprint density at radius 2 is 1.54 bits per heavy atom. The van der Waals surface area contributed by atoms with Crippen LogP contribution in [0.15, 0.2) is 42.5 Å². The second-order valence-corrected chi connectivity index (χ2v) is 6.95. The number of carbonyl (C=O) groups excluding carboxylic acids is 1. The van der Waals surface area contributed by atoms with E-state index in [-0.39, 0.29) is 5.91 Å². The number of piperazine rings is 1. The molecule has 0 unspecified atom stereocenters. The summed E-state index contributed by atoms with van der Waals surface area (Å²) in [4.78, 5) is 16.8. The molecule has 0 spiro atoms. The van der Waals surface area contributed by atoms with E-state index in [4.69, 9.17) is 34.8 Å². The molecular weight excluding hydrogens is 367 g/mol. The Morgan fingerprint density at radius 1 is 0.875 bits per heavy atom. The summed E-state index contributed by atoms with van der Waals surface area (Å²) in [6, 6.07) is 13.0. The molecule has 126 valence electrons. The summed E-state index contributed by atoms with van der Waals surface area (Å²) < 4.78 is 0. The van der Waals surface area contributed by atoms with Crippen LogP contribution < -0.4 is 0 Å². The molecule has 2 aromatic carbocycles. The standard InChI is InChI=1S/C18H17Cl3N2O/c19-15-6-2-1-4-13(15)12-22-8-10-23(11-9-22)18(24)14-5-3-7-16(20)17(14)21/h1-7H,8-12H2. The maximum Gasteiger partial charge on any atom is 0.255 e. The van der Waals surface area contributed by atoms with E-state index in [1.807, 2.05) is 29.2 Å². The van der Waals surface area contributed by atoms with Gasteiger partial charge in [-0.3, -0.25) is 9.69 Å². The van der Waals surface area contributed by atoms with Gasteiger partial charge in [0.1, 0.15) is 0 Å². The largest absolute Gasteiger partial charge is 0.336 e. The third-order valence-electron chi connectivity index (χ3n) is 4.19. The number of amides is 1. The molecule has 0 radical (unpaired) electrons. The summed E-state index contributed by atoms with van der Waals surface area (Å²) >= 11 is 18.4. The second-order valence-electron chi connectivity index (χ2n) is 5.76. The van der Waals surface area contributed by atoms with Crippen LogP contribution in [0.1, 0.15) is 15.9 Å². The Labute approximate surface area is 156 Å². The molecule has 1 fully saturated rings. The topological polar surface area (TPSA) is 23.6 Å². The zero-order chi connectivity index (χ0) is 17.1. The minimum Gasteiger partial charge on any atom is -0.336 e. The fraction of sp³-hybridized carbons (Fsp3) is 0.278. The summed E-state index contributed by atoms with van der Waals surface area (Å²) in [7, 11) is 0. The van der Waals surface area contributed by atoms with Crippen molar-refractivity contribution >= 4 is 40.7 Å². The molecule has 0 bridgehead atoms. The third-order valence-corrected chi connectivity index (χ3v) is 5.38. The van der Waals surface area contributed by atoms with Gasteiger partial charge < -0.3 is 4.90 Å². The normalized spacial score (nSPS) is 15.5. The maximum absolute atomic E-state index is 12.6. The van der Waals surface area contributed by atoms with Crippen LogP contribution in [-0.4, -0.2) is 41.9 Å². The fourth-order valence-corrected chi connectivity index (χ4v) is 3.39. The van der Waals surface area contributed by atoms with Crippen molar-refractivity contribution in [3.05, 3.63) is 68.7 Å². The predicted molar refractivity (Wildman–Crippen MR) is 99.1 cm³/mol. The zero-order valence-corrected chi connectivity index (χ0v) is 15.3. The van der Waals surface area contributed by atoms with Gasteiger partial charge in [0.25, 0.3) is 5.91 Å². The Morgan fingerprint density at radius 3 is 2.25 bits per heavy atom. The fourth-order valence-electron chi connectivity index (χ4n) is 2.82. The molecule has 0 saturated carbocycles. The van der Waals surface area contributed by atoms with Gasteiger partial charge in [-0.2, -0.15) is 0 Å². The highest BCUT2D eigenvalue weighted by Gasteiger charge is 2.24. The van der Waals surface area contributed by atoms with Gasteiger partial charge in [0, 0.05) is 37.7 Å². The van der Waals surface area contributed by atoms with E-state index in [1.165, 1.54) is 0 Å². The first-order chi connectivity index (χ1) is 11.6. The van der Waals surface area contributed by atoms with Crippen LogP contribution in [0.4, 0.5) is 0 Å². The van der Waals surface area contributed by atoms with Crippen molar-refractivity contribution in [2.75, 3.05) is 26.2 Å². The lowest BCUT2D eigenvalue weighted by Crippen LogP contribution is -2.48. The molecule has 1 amide bonds. The van der Waals surface area contributed by atoms with Gasteiger partial charge >= 0.3 is 0 Å². The van der Waals surface area contributed by atoms with Gasteiger partial charge in [-0.15, -0.1) is 0 Å². The van der Waals surface area contributed by atoms with E-state index >= 15 is 0 Å². The van der Waals surface area contributed by atoms with E-state index in [2.05, 4.69) is 4.90 Å². The van der Waals surface area contributed by atoms with Crippen molar-refractivity contribution in [3.8, 4) is 0 Å². The quantitative estimate of drug-likeness (QED) is 0.773. The molecule has 1 aliphatic rings. The number of hydrogen-bond acceptors (Lipinski definition) is 2. The number of halogens is 3. The molecule has 0 atom stereocenters. The molecule has 24 heavy (non-hydrogen) atoms. The molecule has 3 rings (SSSR count). The SMILES string of the molecule is O=C(c1cccc(Cl)c1Cl)N1CCN(Cc2ccccc2Cl)CC1. The number of hydrogen-bond donors (Lipinski definition) is 0. The maximum atomic E-state index is 12.6. The first-order valence-corrected chi connectivity index (χ1v) is 8.88. The summed E-state index contributed by atoms with van der Waals surface area (Å²) in [5, 5.41) is 1.50. The highest BCUT2D eigenvalue weighted by molar-refractivity contribution is 6.43. The summed E-state index contributed by atoms with van der Waals surface area (Å²) in [6.45, 7) is 3.71. The summed E-state index contributed by atoms with van der Waals surface area (Å²) in [5.41, 5.74) is 1.57. The number of rotatable bonds is 3. The minimum atomic E-state index is -0.0695. The van der Waals surface area contributed by atoms with Crippen molar-refractivity contribution in [2.45, 2.75) is 6.54 Å². The smallest absolute Gasteiger partial charge is 0.255 e. The molecule has 0 aromatic heterocycles. The zero-order valence-electron chi connectivity index (χ0n) is 13.0. The molecule has 3 nitrogen and oxygen atoms in total. The first kappa shape index (κ1) is 17.6. The van der Waals surface area contributed by atoms with Gasteiger partial charge in [-0.25, -0.2) is 0 Å². The van der Waals surface area contributed by atoms with Gasteiger partial charge in [-0.1, -0.05) is 59.1 Å². The highest BCUT2D eigenvalue weighted by Crippen LogP contribution is 2.27. The van der Waals surface area contributed by atoms with E-state index in [0.717, 1.165) is 30.2 Å². The van der Waals surface area contributed by atoms with Gasteiger partial charge in [0.15, 0.2) is 0 Å². The lowest BCUT2D eigenvalue weighted by atomic mass is 10.1. The molecular formula is C18H17Cl3N2O. The number of benzene rings is 2. The van der Waals surface area contributed by atoms with Crippen molar-refractivity contribution in [1.82, 2.24) is 9.80 Å². The predicted octanol–water partition coefficient (Wildman–Crippen LogP) is 4.60. The number of nitrogens with zero attached hydrogens (tertiary/aromatic N) is 2. The molecule has 6 heteroatoms. The van der Waals surface area contributed by atoms with Gasteiger partial charge in [0.2, 0.25) is 0 Å². The van der Waals surface area contributed by atoms with Crippen molar-refractivity contribution < 1.29 is 4.79 Å².